The van der Waals surface area contributed by atoms with Crippen LogP contribution >= 0.6 is 0 Å². The normalized spacial score (nSPS) is 10.8. The van der Waals surface area contributed by atoms with Crippen LogP contribution < -0.4 is 10.1 Å². The van der Waals surface area contributed by atoms with Crippen LogP contribution in [0.4, 0.5) is 11.5 Å². The Bertz CT molecular complexity index is 985. The number of methoxy groups -OCH3 is 1. The van der Waals surface area contributed by atoms with E-state index in [1.807, 2.05) is 48.5 Å². The third-order valence-electron chi connectivity index (χ3n) is 3.59. The standard InChI is InChI=1S/C17H13N5O/c1-23-12-8-6-11(7-9-12)20-17-16-15(18-10-19-17)13-4-2-3-5-14(13)21-22-16/h2-10H,1H3,(H,18,19,20). The first-order valence-electron chi connectivity index (χ1n) is 7.12. The van der Waals surface area contributed by atoms with E-state index in [0.29, 0.717) is 11.3 Å². The number of ether oxygens (including phenoxy) is 1. The van der Waals surface area contributed by atoms with Gasteiger partial charge in [-0.2, -0.15) is 0 Å². The number of hydrogen-bond donors (Lipinski definition) is 1. The molecule has 1 N–H and O–H groups in total. The van der Waals surface area contributed by atoms with Crippen molar-refractivity contribution in [2.24, 2.45) is 0 Å². The first-order valence-corrected chi connectivity index (χ1v) is 7.12. The molecule has 0 spiro atoms. The molecule has 4 rings (SSSR count). The molecule has 0 aliphatic rings. The molecular formula is C17H13N5O. The molecule has 0 fully saturated rings. The molecule has 0 aliphatic heterocycles. The van der Waals surface area contributed by atoms with Crippen LogP contribution in [0.25, 0.3) is 21.9 Å². The van der Waals surface area contributed by atoms with E-state index in [0.717, 1.165) is 27.9 Å². The van der Waals surface area contributed by atoms with E-state index in [2.05, 4.69) is 25.5 Å². The van der Waals surface area contributed by atoms with Gasteiger partial charge in [0.15, 0.2) is 11.3 Å². The number of nitrogens with one attached hydrogen (secondary N) is 1. The molecule has 0 aliphatic carbocycles. The highest BCUT2D eigenvalue weighted by Gasteiger charge is 2.10. The number of fused-ring (bicyclic) bond motifs is 3. The summed E-state index contributed by atoms with van der Waals surface area (Å²) in [5.74, 6) is 1.42. The van der Waals surface area contributed by atoms with Gasteiger partial charge in [0, 0.05) is 11.1 Å². The maximum absolute atomic E-state index is 5.16. The van der Waals surface area contributed by atoms with E-state index in [4.69, 9.17) is 4.74 Å². The van der Waals surface area contributed by atoms with Gasteiger partial charge in [-0.1, -0.05) is 18.2 Å². The van der Waals surface area contributed by atoms with Crippen LogP contribution in [0.2, 0.25) is 0 Å². The lowest BCUT2D eigenvalue weighted by Gasteiger charge is -2.09. The summed E-state index contributed by atoms with van der Waals surface area (Å²) in [6, 6.07) is 15.4. The summed E-state index contributed by atoms with van der Waals surface area (Å²) in [5.41, 5.74) is 3.12. The summed E-state index contributed by atoms with van der Waals surface area (Å²) in [6.07, 6.45) is 1.53. The number of aromatic nitrogens is 4. The molecule has 0 unspecified atom stereocenters. The fraction of sp³-hybridized carbons (Fsp3) is 0.0588. The number of anilines is 2. The Labute approximate surface area is 132 Å². The summed E-state index contributed by atoms with van der Waals surface area (Å²) in [7, 11) is 1.64. The Morgan fingerprint density at radius 2 is 1.70 bits per heavy atom. The van der Waals surface area contributed by atoms with Crippen LogP contribution in [-0.2, 0) is 0 Å². The first-order chi connectivity index (χ1) is 11.3. The van der Waals surface area contributed by atoms with Gasteiger partial charge in [0.25, 0.3) is 0 Å². The second-order valence-electron chi connectivity index (χ2n) is 4.99. The zero-order chi connectivity index (χ0) is 15.6. The van der Waals surface area contributed by atoms with Crippen molar-refractivity contribution in [3.8, 4) is 5.75 Å². The molecule has 2 aromatic carbocycles. The fourth-order valence-electron chi connectivity index (χ4n) is 2.44. The van der Waals surface area contributed by atoms with Crippen molar-refractivity contribution in [1.29, 1.82) is 0 Å². The van der Waals surface area contributed by atoms with Crippen LogP contribution in [0.15, 0.2) is 54.9 Å². The van der Waals surface area contributed by atoms with Crippen molar-refractivity contribution in [2.75, 3.05) is 12.4 Å². The molecule has 2 aromatic heterocycles. The highest BCUT2D eigenvalue weighted by atomic mass is 16.5. The van der Waals surface area contributed by atoms with Crippen LogP contribution in [0.3, 0.4) is 0 Å². The minimum atomic E-state index is 0.624. The van der Waals surface area contributed by atoms with E-state index >= 15 is 0 Å². The molecule has 2 heterocycles. The largest absolute Gasteiger partial charge is 0.497 e. The first kappa shape index (κ1) is 13.4. The number of hydrogen-bond acceptors (Lipinski definition) is 6. The number of benzene rings is 2. The van der Waals surface area contributed by atoms with E-state index in [9.17, 15) is 0 Å². The van der Waals surface area contributed by atoms with Gasteiger partial charge in [0.1, 0.15) is 17.6 Å². The molecule has 0 radical (unpaired) electrons. The van der Waals surface area contributed by atoms with Crippen molar-refractivity contribution in [3.63, 3.8) is 0 Å². The summed E-state index contributed by atoms with van der Waals surface area (Å²) in [5, 5.41) is 12.7. The minimum Gasteiger partial charge on any atom is -0.497 e. The van der Waals surface area contributed by atoms with E-state index in [-0.39, 0.29) is 0 Å². The molecule has 0 amide bonds. The summed E-state index contributed by atoms with van der Waals surface area (Å²) >= 11 is 0. The van der Waals surface area contributed by atoms with Crippen LogP contribution in [0.1, 0.15) is 0 Å². The summed E-state index contributed by atoms with van der Waals surface area (Å²) in [6.45, 7) is 0. The Morgan fingerprint density at radius 1 is 0.870 bits per heavy atom. The van der Waals surface area contributed by atoms with Crippen LogP contribution in [-0.4, -0.2) is 27.3 Å². The monoisotopic (exact) mass is 303 g/mol. The number of rotatable bonds is 3. The smallest absolute Gasteiger partial charge is 0.162 e. The van der Waals surface area contributed by atoms with E-state index in [1.54, 1.807) is 7.11 Å². The van der Waals surface area contributed by atoms with Gasteiger partial charge in [-0.15, -0.1) is 10.2 Å². The average Bonchev–Trinajstić information content (AvgIpc) is 2.62. The maximum atomic E-state index is 5.16. The highest BCUT2D eigenvalue weighted by Crippen LogP contribution is 2.26. The maximum Gasteiger partial charge on any atom is 0.162 e. The third-order valence-corrected chi connectivity index (χ3v) is 3.59. The SMILES string of the molecule is COc1ccc(Nc2ncnc3c2nnc2ccccc23)cc1. The Balaban J connectivity index is 1.81. The van der Waals surface area contributed by atoms with Gasteiger partial charge in [-0.05, 0) is 30.3 Å². The molecule has 0 saturated heterocycles. The Morgan fingerprint density at radius 3 is 2.52 bits per heavy atom. The van der Waals surface area contributed by atoms with Crippen molar-refractivity contribution in [1.82, 2.24) is 20.2 Å². The topological polar surface area (TPSA) is 72.8 Å². The van der Waals surface area contributed by atoms with Gasteiger partial charge < -0.3 is 10.1 Å². The second kappa shape index (κ2) is 5.49. The fourth-order valence-corrected chi connectivity index (χ4v) is 2.44. The lowest BCUT2D eigenvalue weighted by atomic mass is 10.2. The van der Waals surface area contributed by atoms with Crippen molar-refractivity contribution >= 4 is 33.4 Å². The molecule has 6 heteroatoms. The lowest BCUT2D eigenvalue weighted by molar-refractivity contribution is 0.415. The molecule has 4 aromatic rings. The van der Waals surface area contributed by atoms with Gasteiger partial charge >= 0.3 is 0 Å². The Hall–Kier alpha value is -3.28. The molecule has 112 valence electrons. The van der Waals surface area contributed by atoms with E-state index in [1.165, 1.54) is 6.33 Å². The quantitative estimate of drug-likeness (QED) is 0.585. The van der Waals surface area contributed by atoms with Gasteiger partial charge in [-0.3, -0.25) is 0 Å². The van der Waals surface area contributed by atoms with Crippen molar-refractivity contribution in [3.05, 3.63) is 54.9 Å². The molecular weight excluding hydrogens is 290 g/mol. The zero-order valence-electron chi connectivity index (χ0n) is 12.4. The predicted molar refractivity (Wildman–Crippen MR) is 88.9 cm³/mol. The lowest BCUT2D eigenvalue weighted by Crippen LogP contribution is -1.99. The molecule has 23 heavy (non-hydrogen) atoms. The van der Waals surface area contributed by atoms with Crippen LogP contribution in [0, 0.1) is 0 Å². The highest BCUT2D eigenvalue weighted by molar-refractivity contribution is 6.04. The Kier molecular flexibility index (Phi) is 3.20. The van der Waals surface area contributed by atoms with Gasteiger partial charge in [-0.25, -0.2) is 9.97 Å². The molecule has 0 atom stereocenters. The summed E-state index contributed by atoms with van der Waals surface area (Å²) < 4.78 is 5.16. The average molecular weight is 303 g/mol. The number of nitrogens with zero attached hydrogens (tertiary/aromatic N) is 4. The summed E-state index contributed by atoms with van der Waals surface area (Å²) in [4.78, 5) is 8.66. The van der Waals surface area contributed by atoms with Crippen molar-refractivity contribution < 1.29 is 4.74 Å². The second-order valence-corrected chi connectivity index (χ2v) is 4.99. The predicted octanol–water partition coefficient (Wildman–Crippen LogP) is 3.33. The van der Waals surface area contributed by atoms with Gasteiger partial charge in [0.05, 0.1) is 12.6 Å². The molecule has 0 bridgehead atoms. The van der Waals surface area contributed by atoms with E-state index < -0.39 is 0 Å². The third kappa shape index (κ3) is 2.40. The minimum absolute atomic E-state index is 0.624. The zero-order valence-corrected chi connectivity index (χ0v) is 12.4. The van der Waals surface area contributed by atoms with Crippen LogP contribution in [0.5, 0.6) is 5.75 Å². The van der Waals surface area contributed by atoms with Crippen molar-refractivity contribution in [2.45, 2.75) is 0 Å². The van der Waals surface area contributed by atoms with Gasteiger partial charge in [0.2, 0.25) is 0 Å². The molecule has 6 nitrogen and oxygen atoms in total. The molecule has 0 saturated carbocycles.